The Kier molecular flexibility index (Phi) is 4.31. The Morgan fingerprint density at radius 2 is 1.84 bits per heavy atom. The number of hydrogen-bond donors (Lipinski definition) is 3. The monoisotopic (exact) mass is 297 g/mol. The molecule has 108 valence electrons. The van der Waals surface area contributed by atoms with Crippen molar-refractivity contribution in [3.63, 3.8) is 0 Å². The van der Waals surface area contributed by atoms with Crippen LogP contribution in [0.3, 0.4) is 0 Å². The van der Waals surface area contributed by atoms with E-state index in [1.54, 1.807) is 19.9 Å². The number of halogens is 3. The number of alkyl halides is 3. The van der Waals surface area contributed by atoms with Crippen LogP contribution in [0.2, 0.25) is 0 Å². The van der Waals surface area contributed by atoms with Crippen LogP contribution in [0.5, 0.6) is 0 Å². The molecular weight excluding hydrogens is 283 g/mol. The maximum atomic E-state index is 12.0. The molecule has 0 heterocycles. The summed E-state index contributed by atoms with van der Waals surface area (Å²) in [5.74, 6) is 0. The molecule has 0 unspecified atom stereocenters. The van der Waals surface area contributed by atoms with Gasteiger partial charge in [0.25, 0.3) is 10.2 Å². The van der Waals surface area contributed by atoms with Gasteiger partial charge in [0.1, 0.15) is 6.54 Å². The Morgan fingerprint density at radius 3 is 2.37 bits per heavy atom. The number of nitrogens with one attached hydrogen (secondary N) is 2. The maximum absolute atomic E-state index is 12.0. The summed E-state index contributed by atoms with van der Waals surface area (Å²) in [5, 5.41) is 0. The van der Waals surface area contributed by atoms with E-state index in [9.17, 15) is 21.6 Å². The number of rotatable bonds is 4. The quantitative estimate of drug-likeness (QED) is 0.739. The predicted octanol–water partition coefficient (Wildman–Crippen LogP) is 1.69. The van der Waals surface area contributed by atoms with Gasteiger partial charge in [-0.3, -0.25) is 4.72 Å². The first-order valence-electron chi connectivity index (χ1n) is 5.21. The molecule has 0 aliphatic rings. The molecule has 0 spiro atoms. The first kappa shape index (κ1) is 15.6. The lowest BCUT2D eigenvalue weighted by Gasteiger charge is -2.15. The fourth-order valence-corrected chi connectivity index (χ4v) is 2.29. The molecule has 0 aromatic heterocycles. The smallest absolute Gasteiger partial charge is 0.397 e. The fraction of sp³-hybridized carbons (Fsp3) is 0.400. The first-order valence-corrected chi connectivity index (χ1v) is 6.70. The van der Waals surface area contributed by atoms with Crippen LogP contribution < -0.4 is 15.2 Å². The summed E-state index contributed by atoms with van der Waals surface area (Å²) >= 11 is 0. The van der Waals surface area contributed by atoms with E-state index in [1.807, 2.05) is 4.72 Å². The standard InChI is InChI=1S/C10H14F3N3O2S/c1-6-3-4-8(14)9(7(6)2)16-19(17,18)15-5-10(11,12)13/h3-4,15-16H,5,14H2,1-2H3. The van der Waals surface area contributed by atoms with Crippen molar-refractivity contribution in [1.82, 2.24) is 4.72 Å². The zero-order valence-corrected chi connectivity index (χ0v) is 11.1. The number of anilines is 2. The highest BCUT2D eigenvalue weighted by molar-refractivity contribution is 7.90. The van der Waals surface area contributed by atoms with Crippen LogP contribution in [0, 0.1) is 13.8 Å². The van der Waals surface area contributed by atoms with E-state index in [2.05, 4.69) is 0 Å². The molecule has 0 aliphatic carbocycles. The van der Waals surface area contributed by atoms with Crippen molar-refractivity contribution < 1.29 is 21.6 Å². The Hall–Kier alpha value is -1.48. The number of aryl methyl sites for hydroxylation is 1. The third-order valence-electron chi connectivity index (χ3n) is 2.47. The molecule has 0 aliphatic heterocycles. The van der Waals surface area contributed by atoms with Gasteiger partial charge in [0.15, 0.2) is 0 Å². The van der Waals surface area contributed by atoms with Gasteiger partial charge in [0, 0.05) is 0 Å². The minimum atomic E-state index is -4.62. The van der Waals surface area contributed by atoms with Gasteiger partial charge in [-0.2, -0.15) is 26.3 Å². The van der Waals surface area contributed by atoms with Crippen LogP contribution in [0.4, 0.5) is 24.5 Å². The SMILES string of the molecule is Cc1ccc(N)c(NS(=O)(=O)NCC(F)(F)F)c1C. The highest BCUT2D eigenvalue weighted by Gasteiger charge is 2.29. The molecule has 0 fully saturated rings. The molecule has 0 atom stereocenters. The van der Waals surface area contributed by atoms with Gasteiger partial charge in [-0.05, 0) is 31.0 Å². The van der Waals surface area contributed by atoms with Crippen molar-refractivity contribution in [3.05, 3.63) is 23.3 Å². The van der Waals surface area contributed by atoms with Gasteiger partial charge in [-0.25, -0.2) is 0 Å². The second kappa shape index (κ2) is 5.25. The van der Waals surface area contributed by atoms with Crippen molar-refractivity contribution in [3.8, 4) is 0 Å². The topological polar surface area (TPSA) is 84.2 Å². The Bertz CT molecular complexity index is 570. The predicted molar refractivity (Wildman–Crippen MR) is 66.9 cm³/mol. The summed E-state index contributed by atoms with van der Waals surface area (Å²) in [6.07, 6.45) is -4.62. The lowest BCUT2D eigenvalue weighted by Crippen LogP contribution is -2.37. The van der Waals surface area contributed by atoms with Crippen LogP contribution >= 0.6 is 0 Å². The average molecular weight is 297 g/mol. The summed E-state index contributed by atoms with van der Waals surface area (Å²) in [5.41, 5.74) is 7.14. The molecule has 19 heavy (non-hydrogen) atoms. The minimum Gasteiger partial charge on any atom is -0.397 e. The van der Waals surface area contributed by atoms with Crippen LogP contribution in [0.1, 0.15) is 11.1 Å². The van der Waals surface area contributed by atoms with Gasteiger partial charge in [-0.1, -0.05) is 6.07 Å². The molecule has 4 N–H and O–H groups in total. The van der Waals surface area contributed by atoms with Gasteiger partial charge in [-0.15, -0.1) is 0 Å². The largest absolute Gasteiger partial charge is 0.402 e. The summed E-state index contributed by atoms with van der Waals surface area (Å²) in [6.45, 7) is 1.70. The summed E-state index contributed by atoms with van der Waals surface area (Å²) < 4.78 is 62.3. The molecule has 0 radical (unpaired) electrons. The fourth-order valence-electron chi connectivity index (χ4n) is 1.32. The van der Waals surface area contributed by atoms with Crippen molar-refractivity contribution >= 4 is 21.6 Å². The third-order valence-corrected chi connectivity index (χ3v) is 3.46. The van der Waals surface area contributed by atoms with E-state index in [-0.39, 0.29) is 11.4 Å². The number of nitrogen functional groups attached to an aromatic ring is 1. The molecule has 9 heteroatoms. The molecule has 0 saturated carbocycles. The summed E-state index contributed by atoms with van der Waals surface area (Å²) in [7, 11) is -4.33. The lowest BCUT2D eigenvalue weighted by atomic mass is 10.1. The zero-order valence-electron chi connectivity index (χ0n) is 10.3. The molecule has 1 aromatic rings. The molecule has 1 aromatic carbocycles. The second-order valence-electron chi connectivity index (χ2n) is 4.01. The Balaban J connectivity index is 2.93. The molecule has 5 nitrogen and oxygen atoms in total. The van der Waals surface area contributed by atoms with Crippen molar-refractivity contribution in [2.75, 3.05) is 17.0 Å². The zero-order chi connectivity index (χ0) is 14.8. The van der Waals surface area contributed by atoms with Crippen LogP contribution in [0.25, 0.3) is 0 Å². The maximum Gasteiger partial charge on any atom is 0.402 e. The molecular formula is C10H14F3N3O2S. The van der Waals surface area contributed by atoms with E-state index in [0.29, 0.717) is 5.56 Å². The second-order valence-corrected chi connectivity index (χ2v) is 5.51. The van der Waals surface area contributed by atoms with Gasteiger partial charge in [0.2, 0.25) is 0 Å². The van der Waals surface area contributed by atoms with Gasteiger partial charge < -0.3 is 5.73 Å². The molecule has 1 rings (SSSR count). The molecule has 0 amide bonds. The Morgan fingerprint density at radius 1 is 1.26 bits per heavy atom. The minimum absolute atomic E-state index is 0.0784. The van der Waals surface area contributed by atoms with E-state index in [0.717, 1.165) is 5.56 Å². The van der Waals surface area contributed by atoms with Crippen molar-refractivity contribution in [1.29, 1.82) is 0 Å². The number of nitrogens with two attached hydrogens (primary N) is 1. The normalized spacial score (nSPS) is 12.5. The highest BCUT2D eigenvalue weighted by Crippen LogP contribution is 2.26. The van der Waals surface area contributed by atoms with E-state index >= 15 is 0 Å². The van der Waals surface area contributed by atoms with E-state index < -0.39 is 22.9 Å². The van der Waals surface area contributed by atoms with Gasteiger partial charge in [0.05, 0.1) is 11.4 Å². The number of hydrogen-bond acceptors (Lipinski definition) is 3. The van der Waals surface area contributed by atoms with Crippen molar-refractivity contribution in [2.45, 2.75) is 20.0 Å². The van der Waals surface area contributed by atoms with Crippen molar-refractivity contribution in [2.24, 2.45) is 0 Å². The van der Waals surface area contributed by atoms with Crippen LogP contribution in [-0.4, -0.2) is 21.1 Å². The summed E-state index contributed by atoms with van der Waals surface area (Å²) in [4.78, 5) is 0. The summed E-state index contributed by atoms with van der Waals surface area (Å²) in [6, 6.07) is 3.16. The van der Waals surface area contributed by atoms with E-state index in [1.165, 1.54) is 10.8 Å². The first-order chi connectivity index (χ1) is 8.52. The molecule has 0 bridgehead atoms. The molecule has 0 saturated heterocycles. The average Bonchev–Trinajstić information content (AvgIpc) is 2.27. The van der Waals surface area contributed by atoms with E-state index in [4.69, 9.17) is 5.73 Å². The highest BCUT2D eigenvalue weighted by atomic mass is 32.2. The lowest BCUT2D eigenvalue weighted by molar-refractivity contribution is -0.121. The Labute approximate surface area is 109 Å². The third kappa shape index (κ3) is 4.60. The van der Waals surface area contributed by atoms with Crippen LogP contribution in [-0.2, 0) is 10.2 Å². The van der Waals surface area contributed by atoms with Gasteiger partial charge >= 0.3 is 6.18 Å². The number of benzene rings is 1. The van der Waals surface area contributed by atoms with Crippen LogP contribution in [0.15, 0.2) is 12.1 Å².